The number of amides is 1. The van der Waals surface area contributed by atoms with Crippen molar-refractivity contribution in [1.82, 2.24) is 10.3 Å². The molecule has 1 N–H and O–H groups in total. The average molecular weight is 312 g/mol. The van der Waals surface area contributed by atoms with Crippen LogP contribution in [0, 0.1) is 13.8 Å². The van der Waals surface area contributed by atoms with Gasteiger partial charge in [0.2, 0.25) is 0 Å². The van der Waals surface area contributed by atoms with Crippen LogP contribution in [0.2, 0.25) is 0 Å². The van der Waals surface area contributed by atoms with E-state index < -0.39 is 0 Å². The van der Waals surface area contributed by atoms with Gasteiger partial charge >= 0.3 is 0 Å². The third kappa shape index (κ3) is 3.09. The molecule has 0 saturated heterocycles. The first-order valence-electron chi connectivity index (χ1n) is 6.98. The number of hydrogen-bond donors (Lipinski definition) is 1. The molecule has 22 heavy (non-hydrogen) atoms. The molecule has 2 aromatic heterocycles. The summed E-state index contributed by atoms with van der Waals surface area (Å²) in [4.78, 5) is 17.4. The van der Waals surface area contributed by atoms with Gasteiger partial charge in [0, 0.05) is 5.56 Å². The zero-order valence-corrected chi connectivity index (χ0v) is 13.2. The van der Waals surface area contributed by atoms with E-state index in [0.717, 1.165) is 22.0 Å². The molecule has 0 saturated carbocycles. The van der Waals surface area contributed by atoms with Gasteiger partial charge in [-0.1, -0.05) is 29.8 Å². The maximum Gasteiger partial charge on any atom is 0.263 e. The molecule has 0 aliphatic heterocycles. The van der Waals surface area contributed by atoms with E-state index in [2.05, 4.69) is 10.3 Å². The fraction of sp³-hybridized carbons (Fsp3) is 0.176. The van der Waals surface area contributed by atoms with E-state index in [9.17, 15) is 4.79 Å². The van der Waals surface area contributed by atoms with Gasteiger partial charge in [0.1, 0.15) is 15.6 Å². The smallest absolute Gasteiger partial charge is 0.263 e. The maximum atomic E-state index is 12.3. The van der Waals surface area contributed by atoms with E-state index in [1.165, 1.54) is 16.9 Å². The summed E-state index contributed by atoms with van der Waals surface area (Å²) in [7, 11) is 0. The van der Waals surface area contributed by atoms with Gasteiger partial charge in [-0.25, -0.2) is 4.98 Å². The Bertz CT molecular complexity index is 774. The van der Waals surface area contributed by atoms with Crippen LogP contribution in [0.15, 0.2) is 47.1 Å². The fourth-order valence-corrected chi connectivity index (χ4v) is 3.08. The number of carbonyl (C=O) groups is 1. The Hall–Kier alpha value is -2.40. The van der Waals surface area contributed by atoms with E-state index in [0.29, 0.717) is 11.4 Å². The monoisotopic (exact) mass is 312 g/mol. The highest BCUT2D eigenvalue weighted by Gasteiger charge is 2.16. The fourth-order valence-electron chi connectivity index (χ4n) is 2.09. The van der Waals surface area contributed by atoms with Crippen molar-refractivity contribution in [2.24, 2.45) is 0 Å². The summed E-state index contributed by atoms with van der Waals surface area (Å²) in [6, 6.07) is 11.8. The molecular weight excluding hydrogens is 296 g/mol. The van der Waals surface area contributed by atoms with Crippen molar-refractivity contribution in [3.05, 3.63) is 64.6 Å². The third-order valence-corrected chi connectivity index (χ3v) is 4.51. The molecule has 0 fully saturated rings. The number of aryl methyl sites for hydroxylation is 2. The summed E-state index contributed by atoms with van der Waals surface area (Å²) in [6.07, 6.45) is 1.59. The lowest BCUT2D eigenvalue weighted by Crippen LogP contribution is -2.22. The summed E-state index contributed by atoms with van der Waals surface area (Å²) in [5.74, 6) is 0.610. The maximum absolute atomic E-state index is 12.3. The van der Waals surface area contributed by atoms with E-state index >= 15 is 0 Å². The Morgan fingerprint density at radius 1 is 1.23 bits per heavy atom. The number of furan rings is 1. The Kier molecular flexibility index (Phi) is 4.06. The van der Waals surface area contributed by atoms with Crippen LogP contribution in [0.3, 0.4) is 0 Å². The third-order valence-electron chi connectivity index (χ3n) is 3.30. The van der Waals surface area contributed by atoms with Crippen molar-refractivity contribution in [1.29, 1.82) is 0 Å². The Morgan fingerprint density at radius 3 is 2.68 bits per heavy atom. The van der Waals surface area contributed by atoms with Crippen molar-refractivity contribution in [2.45, 2.75) is 20.4 Å². The largest absolute Gasteiger partial charge is 0.467 e. The summed E-state index contributed by atoms with van der Waals surface area (Å²) in [6.45, 7) is 4.28. The first-order chi connectivity index (χ1) is 10.6. The molecule has 0 bridgehead atoms. The summed E-state index contributed by atoms with van der Waals surface area (Å²) < 4.78 is 5.21. The van der Waals surface area contributed by atoms with Gasteiger partial charge in [-0.3, -0.25) is 4.79 Å². The van der Waals surface area contributed by atoms with Crippen molar-refractivity contribution in [2.75, 3.05) is 0 Å². The molecule has 0 aliphatic rings. The number of carbonyl (C=O) groups excluding carboxylic acids is 1. The molecule has 0 unspecified atom stereocenters. The summed E-state index contributed by atoms with van der Waals surface area (Å²) >= 11 is 1.41. The normalized spacial score (nSPS) is 10.6. The van der Waals surface area contributed by atoms with Crippen LogP contribution in [0.4, 0.5) is 0 Å². The zero-order chi connectivity index (χ0) is 15.5. The second kappa shape index (κ2) is 6.15. The zero-order valence-electron chi connectivity index (χ0n) is 12.4. The van der Waals surface area contributed by atoms with Crippen LogP contribution in [-0.4, -0.2) is 10.9 Å². The van der Waals surface area contributed by atoms with Crippen molar-refractivity contribution < 1.29 is 9.21 Å². The highest BCUT2D eigenvalue weighted by Crippen LogP contribution is 2.28. The number of hydrogen-bond acceptors (Lipinski definition) is 4. The topological polar surface area (TPSA) is 55.1 Å². The van der Waals surface area contributed by atoms with E-state index in [4.69, 9.17) is 4.42 Å². The highest BCUT2D eigenvalue weighted by molar-refractivity contribution is 7.17. The second-order valence-corrected chi connectivity index (χ2v) is 6.06. The van der Waals surface area contributed by atoms with Crippen LogP contribution < -0.4 is 5.32 Å². The van der Waals surface area contributed by atoms with Crippen molar-refractivity contribution in [3.63, 3.8) is 0 Å². The van der Waals surface area contributed by atoms with Crippen LogP contribution in [0.25, 0.3) is 10.6 Å². The van der Waals surface area contributed by atoms with E-state index in [1.807, 2.05) is 44.2 Å². The van der Waals surface area contributed by atoms with Crippen LogP contribution in [0.5, 0.6) is 0 Å². The molecule has 0 radical (unpaired) electrons. The number of aromatic nitrogens is 1. The van der Waals surface area contributed by atoms with Crippen molar-refractivity contribution >= 4 is 17.2 Å². The molecule has 3 aromatic rings. The van der Waals surface area contributed by atoms with Gasteiger partial charge in [-0.15, -0.1) is 11.3 Å². The minimum absolute atomic E-state index is 0.121. The lowest BCUT2D eigenvalue weighted by molar-refractivity contribution is 0.0951. The summed E-state index contributed by atoms with van der Waals surface area (Å²) in [5.41, 5.74) is 2.98. The first kappa shape index (κ1) is 14.5. The molecule has 4 nitrogen and oxygen atoms in total. The van der Waals surface area contributed by atoms with Crippen LogP contribution >= 0.6 is 11.3 Å². The van der Waals surface area contributed by atoms with Crippen molar-refractivity contribution in [3.8, 4) is 10.6 Å². The molecular formula is C17H16N2O2S. The molecule has 0 aliphatic carbocycles. The lowest BCUT2D eigenvalue weighted by atomic mass is 10.2. The lowest BCUT2D eigenvalue weighted by Gasteiger charge is -2.01. The molecule has 1 aromatic carbocycles. The van der Waals surface area contributed by atoms with Gasteiger partial charge in [0.25, 0.3) is 5.91 Å². The highest BCUT2D eigenvalue weighted by atomic mass is 32.1. The Morgan fingerprint density at radius 2 is 2.00 bits per heavy atom. The number of rotatable bonds is 4. The minimum Gasteiger partial charge on any atom is -0.467 e. The molecule has 5 heteroatoms. The molecule has 3 rings (SSSR count). The van der Waals surface area contributed by atoms with Gasteiger partial charge in [0.05, 0.1) is 18.5 Å². The Labute approximate surface area is 132 Å². The molecule has 2 heterocycles. The van der Waals surface area contributed by atoms with Gasteiger partial charge in [-0.05, 0) is 26.0 Å². The number of nitrogens with zero attached hydrogens (tertiary/aromatic N) is 1. The second-order valence-electron chi connectivity index (χ2n) is 5.06. The average Bonchev–Trinajstić information content (AvgIpc) is 3.15. The first-order valence-corrected chi connectivity index (χ1v) is 7.80. The predicted octanol–water partition coefficient (Wildman–Crippen LogP) is 3.95. The molecule has 112 valence electrons. The predicted molar refractivity (Wildman–Crippen MR) is 86.9 cm³/mol. The van der Waals surface area contributed by atoms with E-state index in [-0.39, 0.29) is 5.91 Å². The van der Waals surface area contributed by atoms with Gasteiger partial charge in [-0.2, -0.15) is 0 Å². The summed E-state index contributed by atoms with van der Waals surface area (Å²) in [5, 5.41) is 3.72. The van der Waals surface area contributed by atoms with Gasteiger partial charge in [0.15, 0.2) is 0 Å². The number of thiazole rings is 1. The SMILES string of the molecule is Cc1ccc(-c2nc(C)c(C(=O)NCc3ccco3)s2)cc1. The quantitative estimate of drug-likeness (QED) is 0.793. The minimum atomic E-state index is -0.121. The van der Waals surface area contributed by atoms with Crippen LogP contribution in [-0.2, 0) is 6.54 Å². The number of nitrogens with one attached hydrogen (secondary N) is 1. The van der Waals surface area contributed by atoms with E-state index in [1.54, 1.807) is 12.3 Å². The molecule has 1 amide bonds. The van der Waals surface area contributed by atoms with Crippen LogP contribution in [0.1, 0.15) is 26.7 Å². The Balaban J connectivity index is 1.76. The molecule has 0 atom stereocenters. The number of benzene rings is 1. The van der Waals surface area contributed by atoms with Gasteiger partial charge < -0.3 is 9.73 Å². The standard InChI is InChI=1S/C17H16N2O2S/c1-11-5-7-13(8-6-11)17-19-12(2)15(22-17)16(20)18-10-14-4-3-9-21-14/h3-9H,10H2,1-2H3,(H,18,20). The molecule has 0 spiro atoms.